The number of ether oxygens (including phenoxy) is 1. The van der Waals surface area contributed by atoms with E-state index in [1.165, 1.54) is 30.3 Å². The molecule has 0 aliphatic heterocycles. The molecule has 35 heavy (non-hydrogen) atoms. The third-order valence-corrected chi connectivity index (χ3v) is 8.51. The third-order valence-electron chi connectivity index (χ3n) is 6.43. The van der Waals surface area contributed by atoms with Crippen LogP contribution < -0.4 is 20.7 Å². The molecular formula is C22H20Cl2N4O6S. The number of halogens is 2. The minimum absolute atomic E-state index is 0.00431. The number of fused-ring (bicyclic) bond motifs is 2. The van der Waals surface area contributed by atoms with Crippen molar-refractivity contribution >= 4 is 33.2 Å². The van der Waals surface area contributed by atoms with Crippen LogP contribution in [-0.2, 0) is 10.0 Å². The van der Waals surface area contributed by atoms with E-state index in [0.29, 0.717) is 11.8 Å². The summed E-state index contributed by atoms with van der Waals surface area (Å²) in [7, 11) is -4.00. The number of phenolic OH excluding ortho intramolecular Hbond substituents is 1. The highest BCUT2D eigenvalue weighted by Gasteiger charge is 2.41. The molecule has 2 aromatic carbocycles. The monoisotopic (exact) mass is 538 g/mol. The molecule has 3 atom stereocenters. The minimum Gasteiger partial charge on any atom is -0.507 e. The predicted molar refractivity (Wildman–Crippen MR) is 128 cm³/mol. The first-order chi connectivity index (χ1) is 16.6. The Morgan fingerprint density at radius 1 is 1.11 bits per heavy atom. The Hall–Kier alpha value is -2.86. The Bertz CT molecular complexity index is 1510. The SMILES string of the molecule is O=c1cnn(-c2cc(Cl)c(Oc3ccc(O)c(S(=O)(=O)NC4CC5CCC4C5)c3)c(Cl)c2)c(=O)[nH]1. The van der Waals surface area contributed by atoms with Gasteiger partial charge in [-0.15, -0.1) is 0 Å². The number of hydrogen-bond donors (Lipinski definition) is 3. The molecule has 0 amide bonds. The van der Waals surface area contributed by atoms with Crippen LogP contribution in [0.5, 0.6) is 17.2 Å². The molecule has 3 unspecified atom stereocenters. The van der Waals surface area contributed by atoms with Crippen molar-refractivity contribution in [3.63, 3.8) is 0 Å². The summed E-state index contributed by atoms with van der Waals surface area (Å²) in [6.45, 7) is 0. The average Bonchev–Trinajstić information content (AvgIpc) is 3.40. The van der Waals surface area contributed by atoms with Crippen molar-refractivity contribution < 1.29 is 18.3 Å². The normalized spacial score (nSPS) is 21.4. The second-order valence-electron chi connectivity index (χ2n) is 8.72. The van der Waals surface area contributed by atoms with Crippen LogP contribution in [0.2, 0.25) is 10.0 Å². The summed E-state index contributed by atoms with van der Waals surface area (Å²) in [6, 6.07) is 6.34. The molecule has 2 saturated carbocycles. The van der Waals surface area contributed by atoms with E-state index >= 15 is 0 Å². The number of phenols is 1. The quantitative estimate of drug-likeness (QED) is 0.437. The van der Waals surface area contributed by atoms with E-state index in [-0.39, 0.29) is 38.2 Å². The molecule has 3 N–H and O–H groups in total. The molecule has 1 heterocycles. The number of aromatic amines is 1. The molecule has 3 aromatic rings. The Balaban J connectivity index is 1.42. The van der Waals surface area contributed by atoms with Crippen LogP contribution in [0.3, 0.4) is 0 Å². The molecule has 2 bridgehead atoms. The van der Waals surface area contributed by atoms with Crippen molar-refractivity contribution in [1.29, 1.82) is 0 Å². The fourth-order valence-electron chi connectivity index (χ4n) is 4.85. The molecule has 0 spiro atoms. The lowest BCUT2D eigenvalue weighted by atomic mass is 9.96. The molecule has 2 aliphatic carbocycles. The molecule has 2 aliphatic rings. The first kappa shape index (κ1) is 23.9. The zero-order valence-electron chi connectivity index (χ0n) is 18.1. The number of aromatic hydroxyl groups is 1. The average molecular weight is 539 g/mol. The van der Waals surface area contributed by atoms with Gasteiger partial charge in [0.1, 0.15) is 22.6 Å². The lowest BCUT2D eigenvalue weighted by Crippen LogP contribution is -2.38. The number of sulfonamides is 1. The second-order valence-corrected chi connectivity index (χ2v) is 11.2. The van der Waals surface area contributed by atoms with Gasteiger partial charge in [-0.3, -0.25) is 9.78 Å². The van der Waals surface area contributed by atoms with E-state index in [1.807, 2.05) is 0 Å². The highest BCUT2D eigenvalue weighted by molar-refractivity contribution is 7.89. The Morgan fingerprint density at radius 3 is 2.49 bits per heavy atom. The number of aromatic nitrogens is 3. The summed E-state index contributed by atoms with van der Waals surface area (Å²) in [5, 5.41) is 14.0. The second kappa shape index (κ2) is 8.98. The van der Waals surface area contributed by atoms with E-state index in [9.17, 15) is 23.1 Å². The van der Waals surface area contributed by atoms with Crippen molar-refractivity contribution in [3.05, 3.63) is 67.4 Å². The van der Waals surface area contributed by atoms with Gasteiger partial charge in [-0.1, -0.05) is 29.6 Å². The van der Waals surface area contributed by atoms with Gasteiger partial charge in [0.2, 0.25) is 10.0 Å². The standard InChI is InChI=1S/C22H20Cl2N4O6S/c23-15-7-13(28-22(31)26-20(30)10-25-28)8-16(24)21(15)34-14-3-4-18(29)19(9-14)35(32,33)27-17-6-11-1-2-12(17)5-11/h3-4,7-12,17,27,29H,1-2,5-6H2,(H,26,30,31). The zero-order valence-corrected chi connectivity index (χ0v) is 20.4. The van der Waals surface area contributed by atoms with Crippen LogP contribution in [0, 0.1) is 11.8 Å². The lowest BCUT2D eigenvalue weighted by Gasteiger charge is -2.23. The predicted octanol–water partition coefficient (Wildman–Crippen LogP) is 3.19. The van der Waals surface area contributed by atoms with E-state index in [1.54, 1.807) is 0 Å². The molecule has 184 valence electrons. The van der Waals surface area contributed by atoms with Crippen molar-refractivity contribution in [3.8, 4) is 22.9 Å². The van der Waals surface area contributed by atoms with E-state index in [0.717, 1.165) is 36.6 Å². The molecule has 0 saturated heterocycles. The fourth-order valence-corrected chi connectivity index (χ4v) is 6.83. The third kappa shape index (κ3) is 4.68. The van der Waals surface area contributed by atoms with Gasteiger partial charge in [-0.05, 0) is 55.4 Å². The van der Waals surface area contributed by atoms with Crippen LogP contribution in [0.25, 0.3) is 5.69 Å². The van der Waals surface area contributed by atoms with Gasteiger partial charge in [0.05, 0.1) is 15.7 Å². The number of benzene rings is 2. The smallest absolute Gasteiger partial charge is 0.349 e. The van der Waals surface area contributed by atoms with Gasteiger partial charge in [0, 0.05) is 12.1 Å². The maximum absolute atomic E-state index is 13.0. The van der Waals surface area contributed by atoms with Crippen LogP contribution in [-0.4, -0.2) is 34.3 Å². The number of nitrogens with zero attached hydrogens (tertiary/aromatic N) is 2. The maximum Gasteiger partial charge on any atom is 0.349 e. The Kier molecular flexibility index (Phi) is 6.12. The number of rotatable bonds is 6. The number of nitrogens with one attached hydrogen (secondary N) is 2. The van der Waals surface area contributed by atoms with Crippen LogP contribution in [0.4, 0.5) is 0 Å². The molecular weight excluding hydrogens is 519 g/mol. The van der Waals surface area contributed by atoms with E-state index in [2.05, 4.69) is 14.8 Å². The highest BCUT2D eigenvalue weighted by Crippen LogP contribution is 2.45. The molecule has 1 aromatic heterocycles. The van der Waals surface area contributed by atoms with Crippen molar-refractivity contribution in [2.75, 3.05) is 0 Å². The van der Waals surface area contributed by atoms with Crippen molar-refractivity contribution in [1.82, 2.24) is 19.5 Å². The van der Waals surface area contributed by atoms with Gasteiger partial charge in [0.25, 0.3) is 5.56 Å². The first-order valence-electron chi connectivity index (χ1n) is 10.8. The van der Waals surface area contributed by atoms with E-state index in [4.69, 9.17) is 27.9 Å². The summed E-state index contributed by atoms with van der Waals surface area (Å²) in [5.74, 6) is 0.531. The van der Waals surface area contributed by atoms with Crippen LogP contribution >= 0.6 is 23.2 Å². The Morgan fingerprint density at radius 2 is 1.86 bits per heavy atom. The van der Waals surface area contributed by atoms with E-state index < -0.39 is 27.0 Å². The van der Waals surface area contributed by atoms with Gasteiger partial charge in [0.15, 0.2) is 5.75 Å². The fraction of sp³-hybridized carbons (Fsp3) is 0.318. The molecule has 0 radical (unpaired) electrons. The van der Waals surface area contributed by atoms with Crippen molar-refractivity contribution in [2.45, 2.75) is 36.6 Å². The largest absolute Gasteiger partial charge is 0.507 e. The summed E-state index contributed by atoms with van der Waals surface area (Å²) in [4.78, 5) is 25.0. The first-order valence-corrected chi connectivity index (χ1v) is 13.1. The zero-order chi connectivity index (χ0) is 24.9. The summed E-state index contributed by atoms with van der Waals surface area (Å²) < 4.78 is 35.5. The highest BCUT2D eigenvalue weighted by atomic mass is 35.5. The molecule has 13 heteroatoms. The van der Waals surface area contributed by atoms with Gasteiger partial charge < -0.3 is 9.84 Å². The van der Waals surface area contributed by atoms with Crippen LogP contribution in [0.15, 0.2) is 51.0 Å². The van der Waals surface area contributed by atoms with Gasteiger partial charge in [-0.25, -0.2) is 17.9 Å². The van der Waals surface area contributed by atoms with Crippen molar-refractivity contribution in [2.24, 2.45) is 11.8 Å². The Labute approximate surface area is 209 Å². The number of H-pyrrole nitrogens is 1. The minimum atomic E-state index is -4.00. The topological polar surface area (TPSA) is 143 Å². The lowest BCUT2D eigenvalue weighted by molar-refractivity contribution is 0.388. The molecule has 10 nitrogen and oxygen atoms in total. The number of hydrogen-bond acceptors (Lipinski definition) is 7. The van der Waals surface area contributed by atoms with Gasteiger partial charge in [-0.2, -0.15) is 9.78 Å². The molecule has 5 rings (SSSR count). The van der Waals surface area contributed by atoms with Gasteiger partial charge >= 0.3 is 5.69 Å². The summed E-state index contributed by atoms with van der Waals surface area (Å²) >= 11 is 12.6. The molecule has 2 fully saturated rings. The van der Waals surface area contributed by atoms with Crippen LogP contribution in [0.1, 0.15) is 25.7 Å². The summed E-state index contributed by atoms with van der Waals surface area (Å²) in [6.07, 6.45) is 4.88. The maximum atomic E-state index is 13.0. The summed E-state index contributed by atoms with van der Waals surface area (Å²) in [5.41, 5.74) is -1.26.